The number of ether oxygens (including phenoxy) is 3. The highest BCUT2D eigenvalue weighted by atomic mass is 16.7. The molecule has 0 unspecified atom stereocenters. The molecule has 1 fully saturated rings. The molecule has 0 aromatic heterocycles. The molecule has 3 rings (SSSR count). The summed E-state index contributed by atoms with van der Waals surface area (Å²) in [5.74, 6) is 3.06. The van der Waals surface area contributed by atoms with Gasteiger partial charge in [0, 0.05) is 12.6 Å². The van der Waals surface area contributed by atoms with Gasteiger partial charge in [-0.15, -0.1) is 0 Å². The molecule has 2 aliphatic rings. The number of methoxy groups -OCH3 is 1. The molecule has 0 spiro atoms. The molecular formula is C13H17NO3. The lowest BCUT2D eigenvalue weighted by Crippen LogP contribution is -2.17. The lowest BCUT2D eigenvalue weighted by atomic mass is 10.2. The lowest BCUT2D eigenvalue weighted by molar-refractivity contribution is 0.171. The van der Waals surface area contributed by atoms with Gasteiger partial charge in [-0.05, 0) is 30.0 Å². The van der Waals surface area contributed by atoms with Crippen LogP contribution in [0.2, 0.25) is 0 Å². The van der Waals surface area contributed by atoms with Crippen molar-refractivity contribution in [3.8, 4) is 17.2 Å². The summed E-state index contributed by atoms with van der Waals surface area (Å²) in [6.07, 6.45) is 1.28. The molecule has 1 aromatic carbocycles. The Balaban J connectivity index is 1.75. The molecule has 1 aliphatic carbocycles. The van der Waals surface area contributed by atoms with E-state index < -0.39 is 0 Å². The minimum absolute atomic E-state index is 0.280. The average molecular weight is 235 g/mol. The van der Waals surface area contributed by atoms with E-state index in [2.05, 4.69) is 12.2 Å². The fraction of sp³-hybridized carbons (Fsp3) is 0.538. The summed E-state index contributed by atoms with van der Waals surface area (Å²) < 4.78 is 16.1. The molecule has 1 aromatic rings. The first kappa shape index (κ1) is 10.7. The summed E-state index contributed by atoms with van der Waals surface area (Å²) in [7, 11) is 1.65. The highest BCUT2D eigenvalue weighted by Gasteiger charge is 2.31. The first-order valence-electron chi connectivity index (χ1n) is 5.98. The van der Waals surface area contributed by atoms with E-state index in [1.165, 1.54) is 12.0 Å². The van der Waals surface area contributed by atoms with E-state index in [0.29, 0.717) is 6.04 Å². The van der Waals surface area contributed by atoms with Gasteiger partial charge in [0.15, 0.2) is 11.5 Å². The van der Waals surface area contributed by atoms with E-state index in [0.717, 1.165) is 29.7 Å². The Labute approximate surface area is 101 Å². The van der Waals surface area contributed by atoms with Crippen LogP contribution in [0.1, 0.15) is 18.9 Å². The van der Waals surface area contributed by atoms with E-state index in [1.807, 2.05) is 12.1 Å². The summed E-state index contributed by atoms with van der Waals surface area (Å²) in [4.78, 5) is 0. The first-order valence-corrected chi connectivity index (χ1v) is 5.98. The van der Waals surface area contributed by atoms with Crippen LogP contribution in [0.15, 0.2) is 12.1 Å². The Morgan fingerprint density at radius 2 is 2.24 bits per heavy atom. The predicted octanol–water partition coefficient (Wildman–Crippen LogP) is 1.92. The van der Waals surface area contributed by atoms with Gasteiger partial charge in [-0.1, -0.05) is 6.92 Å². The Hall–Kier alpha value is -1.42. The van der Waals surface area contributed by atoms with Crippen LogP contribution in [-0.2, 0) is 6.54 Å². The number of rotatable bonds is 4. The van der Waals surface area contributed by atoms with E-state index in [-0.39, 0.29) is 6.79 Å². The van der Waals surface area contributed by atoms with Crippen LogP contribution in [-0.4, -0.2) is 19.9 Å². The molecule has 17 heavy (non-hydrogen) atoms. The molecule has 1 saturated carbocycles. The zero-order chi connectivity index (χ0) is 11.8. The first-order chi connectivity index (χ1) is 8.28. The summed E-state index contributed by atoms with van der Waals surface area (Å²) >= 11 is 0. The number of nitrogens with one attached hydrogen (secondary N) is 1. The van der Waals surface area contributed by atoms with Gasteiger partial charge in [0.1, 0.15) is 0 Å². The van der Waals surface area contributed by atoms with Crippen molar-refractivity contribution < 1.29 is 14.2 Å². The third-order valence-electron chi connectivity index (χ3n) is 3.40. The van der Waals surface area contributed by atoms with Crippen molar-refractivity contribution in [2.75, 3.05) is 13.9 Å². The van der Waals surface area contributed by atoms with Gasteiger partial charge in [-0.2, -0.15) is 0 Å². The second kappa shape index (κ2) is 4.11. The molecule has 0 saturated heterocycles. The quantitative estimate of drug-likeness (QED) is 0.865. The van der Waals surface area contributed by atoms with Crippen molar-refractivity contribution in [1.82, 2.24) is 5.32 Å². The predicted molar refractivity (Wildman–Crippen MR) is 63.5 cm³/mol. The maximum Gasteiger partial charge on any atom is 0.231 e. The number of benzene rings is 1. The van der Waals surface area contributed by atoms with Crippen LogP contribution in [0, 0.1) is 5.92 Å². The second-order valence-electron chi connectivity index (χ2n) is 4.73. The highest BCUT2D eigenvalue weighted by molar-refractivity contribution is 5.55. The minimum atomic E-state index is 0.280. The lowest BCUT2D eigenvalue weighted by Gasteiger charge is -2.09. The molecule has 92 valence electrons. The number of hydrogen-bond donors (Lipinski definition) is 1. The Morgan fingerprint density at radius 3 is 2.94 bits per heavy atom. The van der Waals surface area contributed by atoms with Gasteiger partial charge < -0.3 is 19.5 Å². The molecular weight excluding hydrogens is 218 g/mol. The standard InChI is InChI=1S/C13H17NO3/c1-8-3-10(8)14-6-9-4-11(15-2)13-12(5-9)16-7-17-13/h4-5,8,10,14H,3,6-7H2,1-2H3/t8-,10+/m1/s1. The Morgan fingerprint density at radius 1 is 1.41 bits per heavy atom. The van der Waals surface area contributed by atoms with Crippen LogP contribution in [0.4, 0.5) is 0 Å². The minimum Gasteiger partial charge on any atom is -0.493 e. The van der Waals surface area contributed by atoms with Crippen molar-refractivity contribution in [2.45, 2.75) is 25.9 Å². The van der Waals surface area contributed by atoms with Crippen molar-refractivity contribution in [1.29, 1.82) is 0 Å². The summed E-state index contributed by atoms with van der Waals surface area (Å²) in [6.45, 7) is 3.39. The zero-order valence-electron chi connectivity index (χ0n) is 10.2. The van der Waals surface area contributed by atoms with Gasteiger partial charge in [0.05, 0.1) is 7.11 Å². The molecule has 1 N–H and O–H groups in total. The molecule has 1 heterocycles. The van der Waals surface area contributed by atoms with Crippen molar-refractivity contribution in [3.05, 3.63) is 17.7 Å². The Kier molecular flexibility index (Phi) is 2.59. The maximum atomic E-state index is 5.40. The topological polar surface area (TPSA) is 39.7 Å². The van der Waals surface area contributed by atoms with Gasteiger partial charge >= 0.3 is 0 Å². The van der Waals surface area contributed by atoms with Crippen molar-refractivity contribution in [2.24, 2.45) is 5.92 Å². The van der Waals surface area contributed by atoms with Gasteiger partial charge in [0.25, 0.3) is 0 Å². The third-order valence-corrected chi connectivity index (χ3v) is 3.40. The summed E-state index contributed by atoms with van der Waals surface area (Å²) in [5, 5.41) is 3.51. The molecule has 1 aliphatic heterocycles. The largest absolute Gasteiger partial charge is 0.493 e. The number of fused-ring (bicyclic) bond motifs is 1. The number of hydrogen-bond acceptors (Lipinski definition) is 4. The molecule has 4 heteroatoms. The smallest absolute Gasteiger partial charge is 0.231 e. The fourth-order valence-electron chi connectivity index (χ4n) is 2.14. The second-order valence-corrected chi connectivity index (χ2v) is 4.73. The third kappa shape index (κ3) is 2.05. The molecule has 4 nitrogen and oxygen atoms in total. The molecule has 2 atom stereocenters. The van der Waals surface area contributed by atoms with E-state index >= 15 is 0 Å². The fourth-order valence-corrected chi connectivity index (χ4v) is 2.14. The van der Waals surface area contributed by atoms with Crippen LogP contribution < -0.4 is 19.5 Å². The summed E-state index contributed by atoms with van der Waals surface area (Å²) in [5.41, 5.74) is 1.17. The molecule has 0 bridgehead atoms. The maximum absolute atomic E-state index is 5.40. The van der Waals surface area contributed by atoms with E-state index in [1.54, 1.807) is 7.11 Å². The molecule has 0 radical (unpaired) electrons. The highest BCUT2D eigenvalue weighted by Crippen LogP contribution is 2.42. The average Bonchev–Trinajstić information content (AvgIpc) is 2.85. The van der Waals surface area contributed by atoms with Crippen LogP contribution >= 0.6 is 0 Å². The van der Waals surface area contributed by atoms with Crippen molar-refractivity contribution >= 4 is 0 Å². The normalized spacial score (nSPS) is 24.8. The van der Waals surface area contributed by atoms with Crippen LogP contribution in [0.5, 0.6) is 17.2 Å². The van der Waals surface area contributed by atoms with E-state index in [4.69, 9.17) is 14.2 Å². The summed E-state index contributed by atoms with van der Waals surface area (Å²) in [6, 6.07) is 4.70. The monoisotopic (exact) mass is 235 g/mol. The van der Waals surface area contributed by atoms with Gasteiger partial charge in [0.2, 0.25) is 12.5 Å². The van der Waals surface area contributed by atoms with Gasteiger partial charge in [-0.3, -0.25) is 0 Å². The van der Waals surface area contributed by atoms with Crippen molar-refractivity contribution in [3.63, 3.8) is 0 Å². The SMILES string of the molecule is COc1cc(CN[C@H]2C[C@H]2C)cc2c1OCO2. The Bertz CT molecular complexity index is 433. The van der Waals surface area contributed by atoms with Gasteiger partial charge in [-0.25, -0.2) is 0 Å². The van der Waals surface area contributed by atoms with Crippen LogP contribution in [0.25, 0.3) is 0 Å². The van der Waals surface area contributed by atoms with Crippen LogP contribution in [0.3, 0.4) is 0 Å². The van der Waals surface area contributed by atoms with E-state index in [9.17, 15) is 0 Å². The molecule has 0 amide bonds. The zero-order valence-corrected chi connectivity index (χ0v) is 10.2.